The first-order valence-corrected chi connectivity index (χ1v) is 9.59. The van der Waals surface area contributed by atoms with Gasteiger partial charge in [-0.3, -0.25) is 4.68 Å². The molecule has 3 rings (SSSR count). The Balaban J connectivity index is 1.72. The Bertz CT molecular complexity index is 990. The zero-order chi connectivity index (χ0) is 20.1. The number of hydrogen-bond donors (Lipinski definition) is 2. The van der Waals surface area contributed by atoms with Crippen LogP contribution in [0.3, 0.4) is 0 Å². The third-order valence-electron chi connectivity index (χ3n) is 4.97. The van der Waals surface area contributed by atoms with Crippen molar-refractivity contribution in [2.24, 2.45) is 12.0 Å². The van der Waals surface area contributed by atoms with Crippen LogP contribution in [0, 0.1) is 13.8 Å². The summed E-state index contributed by atoms with van der Waals surface area (Å²) in [4.78, 5) is 4.75. The van der Waals surface area contributed by atoms with Crippen LogP contribution in [0.4, 0.5) is 0 Å². The van der Waals surface area contributed by atoms with Gasteiger partial charge in [0.2, 0.25) is 0 Å². The van der Waals surface area contributed by atoms with E-state index < -0.39 is 0 Å². The van der Waals surface area contributed by atoms with Gasteiger partial charge in [-0.1, -0.05) is 18.2 Å². The number of benzene rings is 2. The first-order chi connectivity index (χ1) is 13.5. The molecule has 6 heteroatoms. The van der Waals surface area contributed by atoms with Crippen molar-refractivity contribution in [1.29, 1.82) is 0 Å². The molecule has 28 heavy (non-hydrogen) atoms. The lowest BCUT2D eigenvalue weighted by Gasteiger charge is -2.12. The van der Waals surface area contributed by atoms with Gasteiger partial charge in [-0.25, -0.2) is 4.99 Å². The Labute approximate surface area is 166 Å². The lowest BCUT2D eigenvalue weighted by atomic mass is 10.1. The molecule has 3 aromatic rings. The van der Waals surface area contributed by atoms with Crippen molar-refractivity contribution in [1.82, 2.24) is 20.4 Å². The monoisotopic (exact) mass is 379 g/mol. The Morgan fingerprint density at radius 1 is 1.11 bits per heavy atom. The third kappa shape index (κ3) is 4.44. The van der Waals surface area contributed by atoms with Crippen LogP contribution in [0.5, 0.6) is 5.75 Å². The van der Waals surface area contributed by atoms with Crippen molar-refractivity contribution in [3.05, 3.63) is 58.9 Å². The molecule has 2 aromatic carbocycles. The molecule has 0 spiro atoms. The Morgan fingerprint density at radius 2 is 1.86 bits per heavy atom. The smallest absolute Gasteiger partial charge is 0.191 e. The Kier molecular flexibility index (Phi) is 6.19. The van der Waals surface area contributed by atoms with Gasteiger partial charge in [0.25, 0.3) is 0 Å². The van der Waals surface area contributed by atoms with E-state index in [1.54, 1.807) is 7.11 Å². The van der Waals surface area contributed by atoms with Gasteiger partial charge in [-0.15, -0.1) is 0 Å². The minimum atomic E-state index is 0.613. The molecule has 148 valence electrons. The van der Waals surface area contributed by atoms with E-state index in [-0.39, 0.29) is 0 Å². The fourth-order valence-corrected chi connectivity index (χ4v) is 3.26. The summed E-state index contributed by atoms with van der Waals surface area (Å²) < 4.78 is 7.21. The molecule has 0 unspecified atom stereocenters. The molecule has 0 radical (unpaired) electrons. The molecule has 0 amide bonds. The first-order valence-electron chi connectivity index (χ1n) is 9.59. The number of rotatable bonds is 6. The average molecular weight is 380 g/mol. The second-order valence-corrected chi connectivity index (χ2v) is 6.87. The summed E-state index contributed by atoms with van der Waals surface area (Å²) in [7, 11) is 3.66. The van der Waals surface area contributed by atoms with Crippen LogP contribution in [-0.4, -0.2) is 29.4 Å². The third-order valence-corrected chi connectivity index (χ3v) is 4.97. The van der Waals surface area contributed by atoms with E-state index in [0.717, 1.165) is 23.9 Å². The molecule has 0 atom stereocenters. The topological polar surface area (TPSA) is 63.5 Å². The molecule has 0 aliphatic rings. The molecule has 0 aliphatic carbocycles. The summed E-state index contributed by atoms with van der Waals surface area (Å²) in [6.45, 7) is 8.33. The van der Waals surface area contributed by atoms with Gasteiger partial charge in [0.15, 0.2) is 5.96 Å². The van der Waals surface area contributed by atoms with Gasteiger partial charge >= 0.3 is 0 Å². The highest BCUT2D eigenvalue weighted by Crippen LogP contribution is 2.22. The minimum Gasteiger partial charge on any atom is -0.497 e. The van der Waals surface area contributed by atoms with Gasteiger partial charge < -0.3 is 15.4 Å². The second kappa shape index (κ2) is 8.78. The van der Waals surface area contributed by atoms with Crippen LogP contribution in [0.2, 0.25) is 0 Å². The maximum Gasteiger partial charge on any atom is 0.191 e. The first kappa shape index (κ1) is 19.7. The van der Waals surface area contributed by atoms with Crippen molar-refractivity contribution in [3.63, 3.8) is 0 Å². The van der Waals surface area contributed by atoms with E-state index in [9.17, 15) is 0 Å². The minimum absolute atomic E-state index is 0.613. The second-order valence-electron chi connectivity index (χ2n) is 6.87. The van der Waals surface area contributed by atoms with Crippen molar-refractivity contribution >= 4 is 16.7 Å². The molecule has 0 saturated heterocycles. The lowest BCUT2D eigenvalue weighted by molar-refractivity contribution is 0.415. The standard InChI is InChI=1S/C22H29N5O/c1-6-23-22(25-14-21-15(2)26-27(4)16(21)3)24-13-17-7-8-19-12-20(28-5)10-9-18(19)11-17/h7-12H,6,13-14H2,1-5H3,(H2,23,24,25). The molecule has 0 bridgehead atoms. The summed E-state index contributed by atoms with van der Waals surface area (Å²) in [5.74, 6) is 1.68. The number of guanidine groups is 1. The fourth-order valence-electron chi connectivity index (χ4n) is 3.26. The lowest BCUT2D eigenvalue weighted by Crippen LogP contribution is -2.37. The number of aryl methyl sites for hydroxylation is 2. The van der Waals surface area contributed by atoms with Gasteiger partial charge in [-0.05, 0) is 55.3 Å². The predicted octanol–water partition coefficient (Wildman–Crippen LogP) is 3.45. The van der Waals surface area contributed by atoms with Crippen LogP contribution in [0.25, 0.3) is 10.8 Å². The van der Waals surface area contributed by atoms with E-state index >= 15 is 0 Å². The Morgan fingerprint density at radius 3 is 2.54 bits per heavy atom. The van der Waals surface area contributed by atoms with Crippen LogP contribution < -0.4 is 15.4 Å². The Hall–Kier alpha value is -3.02. The van der Waals surface area contributed by atoms with E-state index in [4.69, 9.17) is 9.73 Å². The quantitative estimate of drug-likeness (QED) is 0.509. The maximum atomic E-state index is 5.30. The number of aromatic nitrogens is 2. The maximum absolute atomic E-state index is 5.30. The molecule has 0 fully saturated rings. The summed E-state index contributed by atoms with van der Waals surface area (Å²) in [5, 5.41) is 13.6. The molecule has 0 aliphatic heterocycles. The summed E-state index contributed by atoms with van der Waals surface area (Å²) >= 11 is 0. The van der Waals surface area contributed by atoms with E-state index in [1.807, 2.05) is 30.8 Å². The largest absolute Gasteiger partial charge is 0.497 e. The summed E-state index contributed by atoms with van der Waals surface area (Å²) in [6.07, 6.45) is 0. The molecule has 1 heterocycles. The molecule has 0 saturated carbocycles. The number of fused-ring (bicyclic) bond motifs is 1. The SMILES string of the molecule is CCNC(=NCc1ccc2cc(OC)ccc2c1)NCc1c(C)nn(C)c1C. The predicted molar refractivity (Wildman–Crippen MR) is 115 cm³/mol. The summed E-state index contributed by atoms with van der Waals surface area (Å²) in [5.41, 5.74) is 4.61. The van der Waals surface area contributed by atoms with Gasteiger partial charge in [-0.2, -0.15) is 5.10 Å². The van der Waals surface area contributed by atoms with Crippen molar-refractivity contribution in [2.45, 2.75) is 33.9 Å². The highest BCUT2D eigenvalue weighted by atomic mass is 16.5. The van der Waals surface area contributed by atoms with Crippen molar-refractivity contribution in [2.75, 3.05) is 13.7 Å². The fraction of sp³-hybridized carbons (Fsp3) is 0.364. The molecule has 2 N–H and O–H groups in total. The molecular formula is C22H29N5O. The number of aliphatic imine (C=N–C) groups is 1. The average Bonchev–Trinajstić information content (AvgIpc) is 2.95. The van der Waals surface area contributed by atoms with Crippen LogP contribution in [-0.2, 0) is 20.1 Å². The molecule has 1 aromatic heterocycles. The van der Waals surface area contributed by atoms with Crippen LogP contribution in [0.15, 0.2) is 41.4 Å². The van der Waals surface area contributed by atoms with Crippen molar-refractivity contribution < 1.29 is 4.74 Å². The number of methoxy groups -OCH3 is 1. The highest BCUT2D eigenvalue weighted by molar-refractivity contribution is 5.84. The zero-order valence-electron chi connectivity index (χ0n) is 17.3. The van der Waals surface area contributed by atoms with Crippen LogP contribution >= 0.6 is 0 Å². The van der Waals surface area contributed by atoms with Gasteiger partial charge in [0.1, 0.15) is 5.75 Å². The van der Waals surface area contributed by atoms with E-state index in [1.165, 1.54) is 27.6 Å². The van der Waals surface area contributed by atoms with E-state index in [0.29, 0.717) is 13.1 Å². The number of nitrogens with one attached hydrogen (secondary N) is 2. The summed E-state index contributed by atoms with van der Waals surface area (Å²) in [6, 6.07) is 12.5. The van der Waals surface area contributed by atoms with Gasteiger partial charge in [0, 0.05) is 31.4 Å². The van der Waals surface area contributed by atoms with E-state index in [2.05, 4.69) is 53.8 Å². The number of ether oxygens (including phenoxy) is 1. The normalized spacial score (nSPS) is 11.7. The van der Waals surface area contributed by atoms with Crippen molar-refractivity contribution in [3.8, 4) is 5.75 Å². The van der Waals surface area contributed by atoms with Gasteiger partial charge in [0.05, 0.1) is 19.3 Å². The van der Waals surface area contributed by atoms with Crippen LogP contribution in [0.1, 0.15) is 29.4 Å². The molecular weight excluding hydrogens is 350 g/mol. The molecule has 6 nitrogen and oxygen atoms in total. The number of hydrogen-bond acceptors (Lipinski definition) is 3. The highest BCUT2D eigenvalue weighted by Gasteiger charge is 2.09. The number of nitrogens with zero attached hydrogens (tertiary/aromatic N) is 3. The zero-order valence-corrected chi connectivity index (χ0v) is 17.3.